The quantitative estimate of drug-likeness (QED) is 0.635. The lowest BCUT2D eigenvalue weighted by Gasteiger charge is -2.31. The molecule has 1 aromatic rings. The first-order chi connectivity index (χ1) is 9.16. The zero-order valence-corrected chi connectivity index (χ0v) is 13.8. The highest BCUT2D eigenvalue weighted by Crippen LogP contribution is 2.38. The number of benzene rings is 1. The summed E-state index contributed by atoms with van der Waals surface area (Å²) in [6.45, 7) is 6.10. The molecule has 114 valence electrons. The van der Waals surface area contributed by atoms with E-state index < -0.39 is 11.7 Å². The minimum absolute atomic E-state index is 0.0610. The molecule has 0 bridgehead atoms. The third kappa shape index (κ3) is 4.40. The number of halogens is 4. The lowest BCUT2D eigenvalue weighted by Crippen LogP contribution is -2.31. The number of rotatable bonds is 5. The summed E-state index contributed by atoms with van der Waals surface area (Å²) in [4.78, 5) is 1.72. The highest BCUT2D eigenvalue weighted by atomic mass is 79.9. The summed E-state index contributed by atoms with van der Waals surface area (Å²) >= 11 is 3.20. The molecule has 5 heteroatoms. The first-order valence-electron chi connectivity index (χ1n) is 6.65. The molecule has 1 rings (SSSR count). The van der Waals surface area contributed by atoms with Crippen molar-refractivity contribution in [3.05, 3.63) is 29.3 Å². The van der Waals surface area contributed by atoms with E-state index in [4.69, 9.17) is 0 Å². The van der Waals surface area contributed by atoms with Crippen molar-refractivity contribution in [2.45, 2.75) is 44.7 Å². The minimum atomic E-state index is -4.33. The number of anilines is 1. The predicted molar refractivity (Wildman–Crippen MR) is 81.4 cm³/mol. The van der Waals surface area contributed by atoms with Gasteiger partial charge in [0.1, 0.15) is 0 Å². The van der Waals surface area contributed by atoms with Crippen molar-refractivity contribution in [1.82, 2.24) is 0 Å². The van der Waals surface area contributed by atoms with Crippen molar-refractivity contribution in [3.8, 4) is 0 Å². The summed E-state index contributed by atoms with van der Waals surface area (Å²) in [7, 11) is 1.73. The van der Waals surface area contributed by atoms with Crippen molar-refractivity contribution in [1.29, 1.82) is 0 Å². The molecule has 0 fully saturated rings. The van der Waals surface area contributed by atoms with Crippen LogP contribution in [0.25, 0.3) is 0 Å². The van der Waals surface area contributed by atoms with Gasteiger partial charge in [-0.05, 0) is 37.0 Å². The van der Waals surface area contributed by atoms with Crippen LogP contribution in [-0.4, -0.2) is 13.1 Å². The standard InChI is InChI=1S/C15H21BrF3N/c1-10(2)7-11(3)20(4)14-6-5-12(9-16)8-13(14)15(17,18)19/h5-6,8,10-11H,7,9H2,1-4H3. The second-order valence-corrected chi connectivity index (χ2v) is 6.13. The van der Waals surface area contributed by atoms with Crippen LogP contribution in [-0.2, 0) is 11.5 Å². The van der Waals surface area contributed by atoms with E-state index in [0.29, 0.717) is 16.8 Å². The summed E-state index contributed by atoms with van der Waals surface area (Å²) in [5, 5.41) is 0.418. The van der Waals surface area contributed by atoms with E-state index in [1.165, 1.54) is 6.07 Å². The number of nitrogens with zero attached hydrogens (tertiary/aromatic N) is 1. The van der Waals surface area contributed by atoms with Gasteiger partial charge in [0.25, 0.3) is 0 Å². The smallest absolute Gasteiger partial charge is 0.371 e. The minimum Gasteiger partial charge on any atom is -0.371 e. The van der Waals surface area contributed by atoms with E-state index in [2.05, 4.69) is 29.8 Å². The Morgan fingerprint density at radius 3 is 2.25 bits per heavy atom. The second kappa shape index (κ2) is 6.83. The van der Waals surface area contributed by atoms with Gasteiger partial charge in [0.15, 0.2) is 0 Å². The molecule has 0 aromatic heterocycles. The van der Waals surface area contributed by atoms with Gasteiger partial charge in [-0.15, -0.1) is 0 Å². The van der Waals surface area contributed by atoms with E-state index in [1.54, 1.807) is 24.1 Å². The lowest BCUT2D eigenvalue weighted by molar-refractivity contribution is -0.137. The summed E-state index contributed by atoms with van der Waals surface area (Å²) in [5.41, 5.74) is 0.314. The molecule has 0 aliphatic carbocycles. The molecule has 1 unspecified atom stereocenters. The van der Waals surface area contributed by atoms with Gasteiger partial charge in [-0.1, -0.05) is 35.8 Å². The summed E-state index contributed by atoms with van der Waals surface area (Å²) < 4.78 is 39.6. The van der Waals surface area contributed by atoms with Crippen LogP contribution in [0.5, 0.6) is 0 Å². The average Bonchev–Trinajstić information content (AvgIpc) is 2.35. The first kappa shape index (κ1) is 17.3. The van der Waals surface area contributed by atoms with Crippen molar-refractivity contribution >= 4 is 21.6 Å². The van der Waals surface area contributed by atoms with Crippen molar-refractivity contribution in [2.75, 3.05) is 11.9 Å². The highest BCUT2D eigenvalue weighted by Gasteiger charge is 2.35. The molecule has 1 atom stereocenters. The van der Waals surface area contributed by atoms with Crippen molar-refractivity contribution in [2.24, 2.45) is 5.92 Å². The molecule has 0 amide bonds. The van der Waals surface area contributed by atoms with Crippen LogP contribution in [0.4, 0.5) is 18.9 Å². The second-order valence-electron chi connectivity index (χ2n) is 5.57. The fraction of sp³-hybridized carbons (Fsp3) is 0.600. The number of hydrogen-bond donors (Lipinski definition) is 0. The van der Waals surface area contributed by atoms with E-state index in [0.717, 1.165) is 6.42 Å². The van der Waals surface area contributed by atoms with Crippen LogP contribution in [0.1, 0.15) is 38.3 Å². The molecular weight excluding hydrogens is 331 g/mol. The fourth-order valence-electron chi connectivity index (χ4n) is 2.28. The molecule has 0 aliphatic heterocycles. The van der Waals surface area contributed by atoms with E-state index in [9.17, 15) is 13.2 Å². The Morgan fingerprint density at radius 2 is 1.80 bits per heavy atom. The maximum absolute atomic E-state index is 13.2. The molecule has 0 aliphatic rings. The highest BCUT2D eigenvalue weighted by molar-refractivity contribution is 9.08. The molecule has 0 heterocycles. The molecule has 1 nitrogen and oxygen atoms in total. The van der Waals surface area contributed by atoms with Gasteiger partial charge >= 0.3 is 6.18 Å². The SMILES string of the molecule is CC(C)CC(C)N(C)c1ccc(CBr)cc1C(F)(F)F. The third-order valence-corrected chi connectivity index (χ3v) is 4.02. The molecule has 0 spiro atoms. The van der Waals surface area contributed by atoms with Crippen LogP contribution < -0.4 is 4.90 Å². The molecular formula is C15H21BrF3N. The molecule has 0 saturated carbocycles. The van der Waals surface area contributed by atoms with Crippen molar-refractivity contribution in [3.63, 3.8) is 0 Å². The van der Waals surface area contributed by atoms with E-state index in [1.807, 2.05) is 6.92 Å². The summed E-state index contributed by atoms with van der Waals surface area (Å²) in [6.07, 6.45) is -3.48. The van der Waals surface area contributed by atoms with E-state index >= 15 is 0 Å². The number of alkyl halides is 4. The van der Waals surface area contributed by atoms with E-state index in [-0.39, 0.29) is 11.7 Å². The Hall–Kier alpha value is -0.710. The van der Waals surface area contributed by atoms with Crippen LogP contribution >= 0.6 is 15.9 Å². The summed E-state index contributed by atoms with van der Waals surface area (Å²) in [5.74, 6) is 0.448. The average molecular weight is 352 g/mol. The van der Waals surface area contributed by atoms with Gasteiger partial charge in [-0.3, -0.25) is 0 Å². The van der Waals surface area contributed by atoms with Gasteiger partial charge in [0.05, 0.1) is 5.56 Å². The van der Waals surface area contributed by atoms with Gasteiger partial charge < -0.3 is 4.90 Å². The number of hydrogen-bond acceptors (Lipinski definition) is 1. The molecule has 0 radical (unpaired) electrons. The van der Waals surface area contributed by atoms with Gasteiger partial charge in [0.2, 0.25) is 0 Å². The Morgan fingerprint density at radius 1 is 1.20 bits per heavy atom. The van der Waals surface area contributed by atoms with Gasteiger partial charge in [0, 0.05) is 24.1 Å². The maximum Gasteiger partial charge on any atom is 0.418 e. The van der Waals surface area contributed by atoms with Crippen LogP contribution in [0, 0.1) is 5.92 Å². The fourth-order valence-corrected chi connectivity index (χ4v) is 2.63. The maximum atomic E-state index is 13.2. The molecule has 0 N–H and O–H groups in total. The van der Waals surface area contributed by atoms with Crippen LogP contribution in [0.2, 0.25) is 0 Å². The van der Waals surface area contributed by atoms with Crippen LogP contribution in [0.3, 0.4) is 0 Å². The monoisotopic (exact) mass is 351 g/mol. The third-order valence-electron chi connectivity index (χ3n) is 3.37. The summed E-state index contributed by atoms with van der Waals surface area (Å²) in [6, 6.07) is 4.59. The topological polar surface area (TPSA) is 3.24 Å². The Kier molecular flexibility index (Phi) is 5.92. The first-order valence-corrected chi connectivity index (χ1v) is 7.77. The zero-order chi connectivity index (χ0) is 15.5. The predicted octanol–water partition coefficient (Wildman–Crippen LogP) is 5.47. The zero-order valence-electron chi connectivity index (χ0n) is 12.3. The van der Waals surface area contributed by atoms with Gasteiger partial charge in [-0.2, -0.15) is 13.2 Å². The Bertz CT molecular complexity index is 443. The largest absolute Gasteiger partial charge is 0.418 e. The molecule has 20 heavy (non-hydrogen) atoms. The van der Waals surface area contributed by atoms with Crippen molar-refractivity contribution < 1.29 is 13.2 Å². The Labute approximate surface area is 127 Å². The normalized spacial score (nSPS) is 13.7. The lowest BCUT2D eigenvalue weighted by atomic mass is 10.0. The Balaban J connectivity index is 3.16. The van der Waals surface area contributed by atoms with Crippen LogP contribution in [0.15, 0.2) is 18.2 Å². The molecule has 1 aromatic carbocycles. The molecule has 0 saturated heterocycles. The van der Waals surface area contributed by atoms with Gasteiger partial charge in [-0.25, -0.2) is 0 Å².